The van der Waals surface area contributed by atoms with Crippen molar-refractivity contribution in [3.63, 3.8) is 0 Å². The summed E-state index contributed by atoms with van der Waals surface area (Å²) in [5.74, 6) is -8.96. The zero-order valence-electron chi connectivity index (χ0n) is 45.9. The first-order chi connectivity index (χ1) is 37.3. The molecule has 1 heterocycles. The number of nitrogens with two attached hydrogens (primary N) is 5. The topological polar surface area (TPSA) is 430 Å². The number of nitrogens with zero attached hydrogens (tertiary/aromatic N) is 2. The number of carbonyl (C=O) groups is 11. The minimum Gasteiger partial charge on any atom is -0.370 e. The van der Waals surface area contributed by atoms with Crippen LogP contribution in [0.25, 0.3) is 0 Å². The summed E-state index contributed by atoms with van der Waals surface area (Å²) in [7, 11) is 0. The van der Waals surface area contributed by atoms with E-state index in [0.717, 1.165) is 0 Å². The molecule has 0 spiro atoms. The standard InChI is InChI=1S/C53H81N15O11/c1-29(2)25-37(62-42(70)28-60-46(73)32(6)61-45(72)31(5)54)49(76)65-38(26-33-15-9-7-10-16-33)50(77)63-36(21-22-41(55)69)47(74)66-39(27-34-17-11-8-12-18-34)52(79)68-24-14-20-40(68)51(78)64-35(19-13-23-59-53(57)58)48(75)67-43(30(3)4)44(56)71/h7-12,15-18,29-32,35-40,43H,13-14,19-28,54H2,1-6H3,(H2,55,69)(H2,56,71)(H,60,73)(H,61,72)(H,62,70)(H,63,77)(H,64,78)(H,65,76)(H,66,74)(H,67,75)(H4,57,58,59)/t31-,32-,35-,36-,37-,38-,39-,40-,43-/m0/s1. The summed E-state index contributed by atoms with van der Waals surface area (Å²) in [6.07, 6.45) is -0.0123. The second-order valence-electron chi connectivity index (χ2n) is 20.4. The molecule has 1 aliphatic rings. The lowest BCUT2D eigenvalue weighted by atomic mass is 10.00. The molecule has 11 amide bonds. The van der Waals surface area contributed by atoms with Gasteiger partial charge in [0.25, 0.3) is 0 Å². The molecule has 0 unspecified atom stereocenters. The van der Waals surface area contributed by atoms with Gasteiger partial charge in [-0.2, -0.15) is 0 Å². The first-order valence-electron chi connectivity index (χ1n) is 26.4. The van der Waals surface area contributed by atoms with Crippen LogP contribution < -0.4 is 71.2 Å². The molecule has 0 radical (unpaired) electrons. The van der Waals surface area contributed by atoms with Gasteiger partial charge in [0.2, 0.25) is 65.0 Å². The molecule has 0 bridgehead atoms. The molecule has 26 heteroatoms. The maximum absolute atomic E-state index is 14.8. The van der Waals surface area contributed by atoms with Crippen LogP contribution in [0.3, 0.4) is 0 Å². The van der Waals surface area contributed by atoms with E-state index in [1.54, 1.807) is 88.4 Å². The van der Waals surface area contributed by atoms with Gasteiger partial charge in [-0.15, -0.1) is 0 Å². The summed E-state index contributed by atoms with van der Waals surface area (Å²) in [6.45, 7) is 9.46. The number of likely N-dealkylation sites (tertiary alicyclic amines) is 1. The lowest BCUT2D eigenvalue weighted by molar-refractivity contribution is -0.142. The number of primary amides is 2. The van der Waals surface area contributed by atoms with E-state index >= 15 is 0 Å². The lowest BCUT2D eigenvalue weighted by Crippen LogP contribution is -2.60. The average molecular weight is 1100 g/mol. The highest BCUT2D eigenvalue weighted by molar-refractivity contribution is 5.98. The largest absolute Gasteiger partial charge is 0.370 e. The van der Waals surface area contributed by atoms with Gasteiger partial charge >= 0.3 is 0 Å². The van der Waals surface area contributed by atoms with Gasteiger partial charge < -0.3 is 76.1 Å². The normalized spacial score (nSPS) is 16.0. The van der Waals surface area contributed by atoms with Crippen LogP contribution in [0.15, 0.2) is 65.7 Å². The van der Waals surface area contributed by atoms with E-state index in [4.69, 9.17) is 28.7 Å². The van der Waals surface area contributed by atoms with Crippen LogP contribution in [0.5, 0.6) is 0 Å². The summed E-state index contributed by atoms with van der Waals surface area (Å²) < 4.78 is 0. The molecule has 434 valence electrons. The Morgan fingerprint density at radius 2 is 1.14 bits per heavy atom. The summed E-state index contributed by atoms with van der Waals surface area (Å²) in [5, 5.41) is 20.9. The second kappa shape index (κ2) is 32.5. The van der Waals surface area contributed by atoms with Crippen molar-refractivity contribution in [3.8, 4) is 0 Å². The molecule has 26 nitrogen and oxygen atoms in total. The number of carbonyl (C=O) groups excluding carboxylic acids is 11. The molecule has 2 aromatic rings. The number of aliphatic imine (C=N–C) groups is 1. The summed E-state index contributed by atoms with van der Waals surface area (Å²) in [6, 6.07) is 6.45. The number of benzene rings is 2. The Labute approximate surface area is 460 Å². The number of nitrogens with one attached hydrogen (secondary N) is 8. The molecule has 0 aromatic heterocycles. The smallest absolute Gasteiger partial charge is 0.246 e. The Morgan fingerprint density at radius 3 is 1.68 bits per heavy atom. The van der Waals surface area contributed by atoms with Gasteiger partial charge in [-0.05, 0) is 75.3 Å². The number of guanidine groups is 1. The first kappa shape index (κ1) is 65.1. The van der Waals surface area contributed by atoms with Gasteiger partial charge in [0.1, 0.15) is 48.3 Å². The van der Waals surface area contributed by atoms with Crippen molar-refractivity contribution in [2.24, 2.45) is 45.5 Å². The van der Waals surface area contributed by atoms with Crippen molar-refractivity contribution in [3.05, 3.63) is 71.8 Å². The van der Waals surface area contributed by atoms with Crippen molar-refractivity contribution in [1.82, 2.24) is 47.4 Å². The SMILES string of the molecule is CC(C)C[C@H](NC(=O)CNC(=O)[C@H](C)NC(=O)[C@H](C)N)C(=O)N[C@@H](Cc1ccccc1)C(=O)N[C@@H](CCC(N)=O)C(=O)N[C@@H](Cc1ccccc1)C(=O)N1CCC[C@H]1C(=O)N[C@@H](CCCN=C(N)N)C(=O)N[C@H](C(N)=O)C(C)C. The summed E-state index contributed by atoms with van der Waals surface area (Å²) in [4.78, 5) is 153. The van der Waals surface area contributed by atoms with Gasteiger partial charge in [0, 0.05) is 32.4 Å². The van der Waals surface area contributed by atoms with Crippen LogP contribution >= 0.6 is 0 Å². The number of hydrogen-bond donors (Lipinski definition) is 13. The third kappa shape index (κ3) is 22.8. The third-order valence-corrected chi connectivity index (χ3v) is 12.8. The molecule has 3 rings (SSSR count). The highest BCUT2D eigenvalue weighted by atomic mass is 16.2. The van der Waals surface area contributed by atoms with E-state index in [1.165, 1.54) is 18.7 Å². The zero-order chi connectivity index (χ0) is 58.9. The highest BCUT2D eigenvalue weighted by Crippen LogP contribution is 2.21. The maximum atomic E-state index is 14.8. The van der Waals surface area contributed by atoms with Crippen LogP contribution in [0.4, 0.5) is 0 Å². The average Bonchev–Trinajstić information content (AvgIpc) is 3.92. The molecule has 18 N–H and O–H groups in total. The minimum absolute atomic E-state index is 0.0366. The molecule has 0 saturated carbocycles. The molecule has 1 saturated heterocycles. The van der Waals surface area contributed by atoms with E-state index in [9.17, 15) is 52.7 Å². The fourth-order valence-corrected chi connectivity index (χ4v) is 8.52. The van der Waals surface area contributed by atoms with Gasteiger partial charge in [0.15, 0.2) is 5.96 Å². The van der Waals surface area contributed by atoms with Crippen molar-refractivity contribution < 1.29 is 52.7 Å². The molecular formula is C53H81N15O11. The first-order valence-corrected chi connectivity index (χ1v) is 26.4. The Morgan fingerprint density at radius 1 is 0.608 bits per heavy atom. The van der Waals surface area contributed by atoms with Gasteiger partial charge in [0.05, 0.1) is 12.6 Å². The number of rotatable bonds is 32. The van der Waals surface area contributed by atoms with Crippen molar-refractivity contribution >= 4 is 70.9 Å². The van der Waals surface area contributed by atoms with Crippen LogP contribution in [0.1, 0.15) is 97.6 Å². The molecule has 0 aliphatic carbocycles. The Hall–Kier alpha value is -8.16. The van der Waals surface area contributed by atoms with Crippen molar-refractivity contribution in [2.45, 2.75) is 154 Å². The maximum Gasteiger partial charge on any atom is 0.246 e. The van der Waals surface area contributed by atoms with Crippen molar-refractivity contribution in [2.75, 3.05) is 19.6 Å². The predicted molar refractivity (Wildman–Crippen MR) is 293 cm³/mol. The quantitative estimate of drug-likeness (QED) is 0.0196. The Bertz CT molecular complexity index is 2460. The summed E-state index contributed by atoms with van der Waals surface area (Å²) in [5.41, 5.74) is 28.8. The molecule has 2 aromatic carbocycles. The fraction of sp³-hybridized carbons (Fsp3) is 0.547. The van der Waals surface area contributed by atoms with Gasteiger partial charge in [-0.3, -0.25) is 57.7 Å². The van der Waals surface area contributed by atoms with Crippen molar-refractivity contribution in [1.29, 1.82) is 0 Å². The van der Waals surface area contributed by atoms with Crippen LogP contribution in [-0.4, -0.2) is 150 Å². The monoisotopic (exact) mass is 1100 g/mol. The third-order valence-electron chi connectivity index (χ3n) is 12.8. The van der Waals surface area contributed by atoms with E-state index in [-0.39, 0.29) is 75.8 Å². The lowest BCUT2D eigenvalue weighted by Gasteiger charge is -2.31. The molecule has 1 aliphatic heterocycles. The zero-order valence-corrected chi connectivity index (χ0v) is 45.9. The van der Waals surface area contributed by atoms with Gasteiger partial charge in [-0.25, -0.2) is 0 Å². The van der Waals surface area contributed by atoms with Gasteiger partial charge in [-0.1, -0.05) is 88.4 Å². The minimum atomic E-state index is -1.53. The second-order valence-corrected chi connectivity index (χ2v) is 20.4. The predicted octanol–water partition coefficient (Wildman–Crippen LogP) is -3.15. The highest BCUT2D eigenvalue weighted by Gasteiger charge is 2.40. The number of amides is 11. The molecular weight excluding hydrogens is 1020 g/mol. The number of hydrogen-bond acceptors (Lipinski definition) is 13. The molecule has 79 heavy (non-hydrogen) atoms. The van der Waals surface area contributed by atoms with E-state index < -0.39 is 132 Å². The van der Waals surface area contributed by atoms with E-state index in [0.29, 0.717) is 17.5 Å². The Balaban J connectivity index is 1.93. The summed E-state index contributed by atoms with van der Waals surface area (Å²) >= 11 is 0. The van der Waals surface area contributed by atoms with E-state index in [2.05, 4.69) is 47.5 Å². The Kier molecular flexibility index (Phi) is 26.8. The molecule has 1 fully saturated rings. The van der Waals surface area contributed by atoms with Crippen LogP contribution in [0.2, 0.25) is 0 Å². The molecule has 9 atom stereocenters. The fourth-order valence-electron chi connectivity index (χ4n) is 8.52. The van der Waals surface area contributed by atoms with E-state index in [1.807, 2.05) is 0 Å². The van der Waals surface area contributed by atoms with Crippen LogP contribution in [-0.2, 0) is 65.6 Å². The van der Waals surface area contributed by atoms with Crippen LogP contribution in [0, 0.1) is 11.8 Å².